The van der Waals surface area contributed by atoms with Gasteiger partial charge in [-0.2, -0.15) is 0 Å². The van der Waals surface area contributed by atoms with Crippen molar-refractivity contribution in [3.63, 3.8) is 0 Å². The number of rotatable bonds is 6. The number of nitrogens with zero attached hydrogens (tertiary/aromatic N) is 1. The molecule has 4 heteroatoms. The van der Waals surface area contributed by atoms with Gasteiger partial charge in [0.25, 0.3) is 0 Å². The molecule has 3 aromatic rings. The first-order chi connectivity index (χ1) is 10.8. The molecule has 3 rings (SSSR count). The molecule has 0 atom stereocenters. The summed E-state index contributed by atoms with van der Waals surface area (Å²) >= 11 is 0. The van der Waals surface area contributed by atoms with Gasteiger partial charge in [-0.3, -0.25) is 4.98 Å². The van der Waals surface area contributed by atoms with Crippen LogP contribution in [0, 0.1) is 0 Å². The van der Waals surface area contributed by atoms with E-state index in [4.69, 9.17) is 14.2 Å². The highest BCUT2D eigenvalue weighted by Crippen LogP contribution is 2.21. The van der Waals surface area contributed by atoms with E-state index in [2.05, 4.69) is 4.98 Å². The molecule has 2 aromatic carbocycles. The average Bonchev–Trinajstić information content (AvgIpc) is 2.58. The lowest BCUT2D eigenvalue weighted by Crippen LogP contribution is -2.00. The van der Waals surface area contributed by atoms with E-state index in [1.807, 2.05) is 54.6 Å². The van der Waals surface area contributed by atoms with Crippen LogP contribution in [0.15, 0.2) is 60.8 Å². The Hall–Kier alpha value is -2.59. The molecule has 1 aromatic heterocycles. The predicted octanol–water partition coefficient (Wildman–Crippen LogP) is 3.80. The lowest BCUT2D eigenvalue weighted by atomic mass is 10.2. The molecular formula is C18H17NO3. The molecule has 112 valence electrons. The molecule has 0 saturated heterocycles. The summed E-state index contributed by atoms with van der Waals surface area (Å²) in [5.41, 5.74) is 2.00. The average molecular weight is 295 g/mol. The Kier molecular flexibility index (Phi) is 4.51. The third-order valence-electron chi connectivity index (χ3n) is 3.22. The SMILES string of the molecule is COCOc1cccc(COc2ccc3ncccc3c2)c1. The van der Waals surface area contributed by atoms with Crippen molar-refractivity contribution in [3.8, 4) is 11.5 Å². The van der Waals surface area contributed by atoms with E-state index in [1.165, 1.54) is 0 Å². The number of ether oxygens (including phenoxy) is 3. The molecule has 0 unspecified atom stereocenters. The fraction of sp³-hybridized carbons (Fsp3) is 0.167. The van der Waals surface area contributed by atoms with Gasteiger partial charge in [0.15, 0.2) is 6.79 Å². The van der Waals surface area contributed by atoms with Crippen LogP contribution in [-0.4, -0.2) is 18.9 Å². The topological polar surface area (TPSA) is 40.6 Å². The number of hydrogen-bond acceptors (Lipinski definition) is 4. The van der Waals surface area contributed by atoms with Crippen LogP contribution >= 0.6 is 0 Å². The van der Waals surface area contributed by atoms with Gasteiger partial charge >= 0.3 is 0 Å². The minimum absolute atomic E-state index is 0.238. The second-order valence-electron chi connectivity index (χ2n) is 4.84. The fourth-order valence-corrected chi connectivity index (χ4v) is 2.16. The largest absolute Gasteiger partial charge is 0.489 e. The van der Waals surface area contributed by atoms with Crippen LogP contribution in [0.5, 0.6) is 11.5 Å². The van der Waals surface area contributed by atoms with Crippen LogP contribution in [0.4, 0.5) is 0 Å². The maximum absolute atomic E-state index is 5.85. The minimum Gasteiger partial charge on any atom is -0.489 e. The van der Waals surface area contributed by atoms with Gasteiger partial charge in [-0.25, -0.2) is 0 Å². The van der Waals surface area contributed by atoms with Crippen molar-refractivity contribution >= 4 is 10.9 Å². The van der Waals surface area contributed by atoms with Crippen LogP contribution in [-0.2, 0) is 11.3 Å². The molecule has 0 spiro atoms. The molecule has 0 fully saturated rings. The van der Waals surface area contributed by atoms with Crippen LogP contribution in [0.1, 0.15) is 5.56 Å². The van der Waals surface area contributed by atoms with E-state index >= 15 is 0 Å². The third-order valence-corrected chi connectivity index (χ3v) is 3.22. The van der Waals surface area contributed by atoms with Gasteiger partial charge in [-0.15, -0.1) is 0 Å². The second kappa shape index (κ2) is 6.91. The molecule has 0 bridgehead atoms. The first-order valence-electron chi connectivity index (χ1n) is 7.03. The van der Waals surface area contributed by atoms with Crippen molar-refractivity contribution in [1.29, 1.82) is 0 Å². The molecule has 0 amide bonds. The monoisotopic (exact) mass is 295 g/mol. The second-order valence-corrected chi connectivity index (χ2v) is 4.84. The maximum Gasteiger partial charge on any atom is 0.188 e. The Bertz CT molecular complexity index is 758. The lowest BCUT2D eigenvalue weighted by Gasteiger charge is -2.09. The van der Waals surface area contributed by atoms with E-state index in [0.29, 0.717) is 6.61 Å². The first-order valence-corrected chi connectivity index (χ1v) is 7.03. The summed E-state index contributed by atoms with van der Waals surface area (Å²) in [6, 6.07) is 17.6. The smallest absolute Gasteiger partial charge is 0.188 e. The zero-order chi connectivity index (χ0) is 15.2. The maximum atomic E-state index is 5.85. The minimum atomic E-state index is 0.238. The van der Waals surface area contributed by atoms with Crippen molar-refractivity contribution in [2.75, 3.05) is 13.9 Å². The molecule has 4 nitrogen and oxygen atoms in total. The van der Waals surface area contributed by atoms with E-state index in [-0.39, 0.29) is 6.79 Å². The van der Waals surface area contributed by atoms with Crippen LogP contribution in [0.3, 0.4) is 0 Å². The van der Waals surface area contributed by atoms with Crippen molar-refractivity contribution in [1.82, 2.24) is 4.98 Å². The molecule has 1 heterocycles. The molecule has 0 radical (unpaired) electrons. The predicted molar refractivity (Wildman–Crippen MR) is 85.0 cm³/mol. The number of aromatic nitrogens is 1. The standard InChI is InChI=1S/C18H17NO3/c1-20-13-22-16-6-2-4-14(10-16)12-21-17-7-8-18-15(11-17)5-3-9-19-18/h2-11H,12-13H2,1H3. The third kappa shape index (κ3) is 3.54. The summed E-state index contributed by atoms with van der Waals surface area (Å²) in [5.74, 6) is 1.59. The van der Waals surface area contributed by atoms with Crippen LogP contribution < -0.4 is 9.47 Å². The number of methoxy groups -OCH3 is 1. The first kappa shape index (κ1) is 14.4. The lowest BCUT2D eigenvalue weighted by molar-refractivity contribution is 0.0510. The molecule has 0 aliphatic rings. The molecule has 22 heavy (non-hydrogen) atoms. The van der Waals surface area contributed by atoms with Crippen molar-refractivity contribution in [3.05, 3.63) is 66.4 Å². The van der Waals surface area contributed by atoms with Gasteiger partial charge in [0.2, 0.25) is 0 Å². The Morgan fingerprint density at radius 2 is 1.82 bits per heavy atom. The summed E-state index contributed by atoms with van der Waals surface area (Å²) < 4.78 is 16.2. The number of pyridine rings is 1. The van der Waals surface area contributed by atoms with Gasteiger partial charge < -0.3 is 14.2 Å². The quantitative estimate of drug-likeness (QED) is 0.649. The Morgan fingerprint density at radius 1 is 0.909 bits per heavy atom. The normalized spacial score (nSPS) is 10.6. The van der Waals surface area contributed by atoms with E-state index in [1.54, 1.807) is 13.3 Å². The Morgan fingerprint density at radius 3 is 2.73 bits per heavy atom. The summed E-state index contributed by atoms with van der Waals surface area (Å²) in [7, 11) is 1.60. The van der Waals surface area contributed by atoms with Crippen LogP contribution in [0.2, 0.25) is 0 Å². The summed E-state index contributed by atoms with van der Waals surface area (Å²) in [5, 5.41) is 1.07. The number of fused-ring (bicyclic) bond motifs is 1. The highest BCUT2D eigenvalue weighted by molar-refractivity contribution is 5.79. The van der Waals surface area contributed by atoms with Crippen molar-refractivity contribution < 1.29 is 14.2 Å². The molecule has 0 aliphatic carbocycles. The Balaban J connectivity index is 1.68. The fourth-order valence-electron chi connectivity index (χ4n) is 2.16. The summed E-state index contributed by atoms with van der Waals surface area (Å²) in [6.07, 6.45) is 1.79. The molecule has 0 saturated carbocycles. The summed E-state index contributed by atoms with van der Waals surface area (Å²) in [4.78, 5) is 4.30. The van der Waals surface area contributed by atoms with Crippen LogP contribution in [0.25, 0.3) is 10.9 Å². The zero-order valence-electron chi connectivity index (χ0n) is 12.4. The van der Waals surface area contributed by atoms with E-state index < -0.39 is 0 Å². The highest BCUT2D eigenvalue weighted by Gasteiger charge is 2.01. The van der Waals surface area contributed by atoms with Gasteiger partial charge in [-0.05, 0) is 42.0 Å². The van der Waals surface area contributed by atoms with Gasteiger partial charge in [0.05, 0.1) is 5.52 Å². The molecule has 0 N–H and O–H groups in total. The zero-order valence-corrected chi connectivity index (χ0v) is 12.4. The highest BCUT2D eigenvalue weighted by atomic mass is 16.7. The van der Waals surface area contributed by atoms with E-state index in [9.17, 15) is 0 Å². The molecule has 0 aliphatic heterocycles. The van der Waals surface area contributed by atoms with Gasteiger partial charge in [0, 0.05) is 18.7 Å². The van der Waals surface area contributed by atoms with Crippen molar-refractivity contribution in [2.45, 2.75) is 6.61 Å². The van der Waals surface area contributed by atoms with Gasteiger partial charge in [0.1, 0.15) is 18.1 Å². The number of hydrogen-bond donors (Lipinski definition) is 0. The van der Waals surface area contributed by atoms with Crippen molar-refractivity contribution in [2.24, 2.45) is 0 Å². The summed E-state index contributed by atoms with van der Waals surface area (Å²) in [6.45, 7) is 0.720. The molecular weight excluding hydrogens is 278 g/mol. The van der Waals surface area contributed by atoms with E-state index in [0.717, 1.165) is 28.0 Å². The number of benzene rings is 2. The van der Waals surface area contributed by atoms with Gasteiger partial charge in [-0.1, -0.05) is 18.2 Å². The Labute approximate surface area is 129 Å².